The predicted molar refractivity (Wildman–Crippen MR) is 88.3 cm³/mol. The van der Waals surface area contributed by atoms with Crippen LogP contribution in [0.5, 0.6) is 0 Å². The van der Waals surface area contributed by atoms with Crippen LogP contribution in [0.1, 0.15) is 50.9 Å². The number of ether oxygens (including phenoxy) is 1. The number of rotatable bonds is 3. The zero-order chi connectivity index (χ0) is 17.4. The number of carbonyl (C=O) groups excluding carboxylic acids is 1. The van der Waals surface area contributed by atoms with Crippen LogP contribution in [-0.2, 0) is 17.8 Å². The summed E-state index contributed by atoms with van der Waals surface area (Å²) >= 11 is 0. The van der Waals surface area contributed by atoms with E-state index < -0.39 is 5.97 Å². The second-order valence-corrected chi connectivity index (χ2v) is 6.45. The summed E-state index contributed by atoms with van der Waals surface area (Å²) in [5, 5.41) is 13.5. The van der Waals surface area contributed by atoms with Crippen LogP contribution in [0.15, 0.2) is 30.5 Å². The fraction of sp³-hybridized carbons (Fsp3) is 0.389. The Labute approximate surface area is 144 Å². The molecule has 0 bridgehead atoms. The maximum Gasteiger partial charge on any atom is 0.335 e. The monoisotopic (exact) mass is 341 g/mol. The van der Waals surface area contributed by atoms with Gasteiger partial charge < -0.3 is 14.7 Å². The van der Waals surface area contributed by atoms with Gasteiger partial charge in [0, 0.05) is 32.5 Å². The van der Waals surface area contributed by atoms with E-state index in [0.717, 1.165) is 24.0 Å². The average molecular weight is 341 g/mol. The summed E-state index contributed by atoms with van der Waals surface area (Å²) in [7, 11) is 0. The van der Waals surface area contributed by atoms with Gasteiger partial charge in [0.05, 0.1) is 11.6 Å². The number of hydrogen-bond donors (Lipinski definition) is 1. The average Bonchev–Trinajstić information content (AvgIpc) is 3.28. The fourth-order valence-electron chi connectivity index (χ4n) is 3.54. The molecule has 130 valence electrons. The molecule has 1 aromatic carbocycles. The molecule has 1 N–H and O–H groups in total. The Bertz CT molecular complexity index is 823. The first-order chi connectivity index (χ1) is 12.1. The van der Waals surface area contributed by atoms with Crippen LogP contribution >= 0.6 is 0 Å². The minimum atomic E-state index is -0.954. The van der Waals surface area contributed by atoms with Gasteiger partial charge in [-0.15, -0.1) is 0 Å². The number of aromatic nitrogens is 2. The van der Waals surface area contributed by atoms with Crippen molar-refractivity contribution in [3.8, 4) is 0 Å². The van der Waals surface area contributed by atoms with Crippen molar-refractivity contribution in [3.63, 3.8) is 0 Å². The highest BCUT2D eigenvalue weighted by atomic mass is 16.5. The lowest BCUT2D eigenvalue weighted by Crippen LogP contribution is -2.30. The number of carboxylic acid groups (broad SMARTS) is 1. The SMILES string of the molecule is O=C(O)c1ccc2c(c1)CN(C(=O)c1ccnn1C1CCOCC1)C2. The van der Waals surface area contributed by atoms with Gasteiger partial charge in [0.2, 0.25) is 0 Å². The third kappa shape index (κ3) is 2.91. The molecular formula is C18H19N3O4. The van der Waals surface area contributed by atoms with Crippen LogP contribution in [0.2, 0.25) is 0 Å². The Kier molecular flexibility index (Phi) is 4.01. The van der Waals surface area contributed by atoms with Gasteiger partial charge in [-0.3, -0.25) is 9.48 Å². The number of hydrogen-bond acceptors (Lipinski definition) is 4. The van der Waals surface area contributed by atoms with Crippen molar-refractivity contribution in [2.75, 3.05) is 13.2 Å². The van der Waals surface area contributed by atoms with E-state index in [2.05, 4.69) is 5.10 Å². The normalized spacial score (nSPS) is 17.5. The first-order valence-corrected chi connectivity index (χ1v) is 8.39. The van der Waals surface area contributed by atoms with Crippen LogP contribution in [0.25, 0.3) is 0 Å². The lowest BCUT2D eigenvalue weighted by atomic mass is 10.1. The summed E-state index contributed by atoms with van der Waals surface area (Å²) in [4.78, 5) is 25.8. The van der Waals surface area contributed by atoms with Crippen molar-refractivity contribution in [1.82, 2.24) is 14.7 Å². The van der Waals surface area contributed by atoms with Crippen molar-refractivity contribution < 1.29 is 19.4 Å². The van der Waals surface area contributed by atoms with Crippen molar-refractivity contribution >= 4 is 11.9 Å². The Morgan fingerprint density at radius 3 is 2.64 bits per heavy atom. The van der Waals surface area contributed by atoms with Crippen LogP contribution < -0.4 is 0 Å². The quantitative estimate of drug-likeness (QED) is 0.924. The molecule has 3 heterocycles. The lowest BCUT2D eigenvalue weighted by molar-refractivity contribution is 0.0607. The molecule has 0 saturated carbocycles. The Hall–Kier alpha value is -2.67. The number of carboxylic acids is 1. The predicted octanol–water partition coefficient (Wildman–Crippen LogP) is 2.09. The van der Waals surface area contributed by atoms with Crippen LogP contribution in [0.4, 0.5) is 0 Å². The first kappa shape index (κ1) is 15.8. The Balaban J connectivity index is 1.55. The van der Waals surface area contributed by atoms with E-state index in [9.17, 15) is 9.59 Å². The van der Waals surface area contributed by atoms with E-state index in [1.807, 2.05) is 4.68 Å². The maximum atomic E-state index is 13.0. The molecule has 1 saturated heterocycles. The van der Waals surface area contributed by atoms with E-state index in [1.54, 1.807) is 35.4 Å². The highest BCUT2D eigenvalue weighted by molar-refractivity contribution is 5.93. The summed E-state index contributed by atoms with van der Waals surface area (Å²) in [5.74, 6) is -1.03. The van der Waals surface area contributed by atoms with Gasteiger partial charge in [0.25, 0.3) is 5.91 Å². The number of nitrogens with zero attached hydrogens (tertiary/aromatic N) is 3. The first-order valence-electron chi connectivity index (χ1n) is 8.39. The molecular weight excluding hydrogens is 322 g/mol. The maximum absolute atomic E-state index is 13.0. The van der Waals surface area contributed by atoms with Gasteiger partial charge in [-0.1, -0.05) is 6.07 Å². The number of fused-ring (bicyclic) bond motifs is 1. The molecule has 2 aromatic rings. The molecule has 2 aliphatic rings. The lowest BCUT2D eigenvalue weighted by Gasteiger charge is -2.25. The van der Waals surface area contributed by atoms with Crippen LogP contribution in [0, 0.1) is 0 Å². The van der Waals surface area contributed by atoms with Crippen molar-refractivity contribution in [3.05, 3.63) is 52.8 Å². The highest BCUT2D eigenvalue weighted by Crippen LogP contribution is 2.27. The topological polar surface area (TPSA) is 84.7 Å². The molecule has 25 heavy (non-hydrogen) atoms. The van der Waals surface area contributed by atoms with E-state index in [4.69, 9.17) is 9.84 Å². The summed E-state index contributed by atoms with van der Waals surface area (Å²) in [6.45, 7) is 2.29. The summed E-state index contributed by atoms with van der Waals surface area (Å²) < 4.78 is 7.20. The zero-order valence-corrected chi connectivity index (χ0v) is 13.7. The summed E-state index contributed by atoms with van der Waals surface area (Å²) in [5.41, 5.74) is 2.72. The summed E-state index contributed by atoms with van der Waals surface area (Å²) in [6.07, 6.45) is 3.36. The second-order valence-electron chi connectivity index (χ2n) is 6.45. The molecule has 7 heteroatoms. The van der Waals surface area contributed by atoms with Gasteiger partial charge in [-0.25, -0.2) is 4.79 Å². The fourth-order valence-corrected chi connectivity index (χ4v) is 3.54. The molecule has 1 amide bonds. The molecule has 2 aliphatic heterocycles. The third-order valence-corrected chi connectivity index (χ3v) is 4.89. The smallest absolute Gasteiger partial charge is 0.335 e. The van der Waals surface area contributed by atoms with E-state index in [-0.39, 0.29) is 17.5 Å². The molecule has 1 fully saturated rings. The number of carbonyl (C=O) groups is 2. The molecule has 0 aliphatic carbocycles. The molecule has 0 spiro atoms. The molecule has 1 aromatic heterocycles. The molecule has 4 rings (SSSR count). The Morgan fingerprint density at radius 2 is 1.88 bits per heavy atom. The van der Waals surface area contributed by atoms with Gasteiger partial charge in [0.15, 0.2) is 0 Å². The van der Waals surface area contributed by atoms with Crippen LogP contribution in [0.3, 0.4) is 0 Å². The van der Waals surface area contributed by atoms with Crippen molar-refractivity contribution in [2.45, 2.75) is 32.0 Å². The largest absolute Gasteiger partial charge is 0.478 e. The molecule has 0 atom stereocenters. The standard InChI is InChI=1S/C18H19N3O4/c22-17(16-3-6-19-21(16)15-4-7-25-8-5-15)20-10-13-2-1-12(18(23)24)9-14(13)11-20/h1-3,6,9,15H,4-5,7-8,10-11H2,(H,23,24). The van der Waals surface area contributed by atoms with Crippen LogP contribution in [-0.4, -0.2) is 44.9 Å². The van der Waals surface area contributed by atoms with Gasteiger partial charge >= 0.3 is 5.97 Å². The highest BCUT2D eigenvalue weighted by Gasteiger charge is 2.29. The third-order valence-electron chi connectivity index (χ3n) is 4.89. The molecule has 0 radical (unpaired) electrons. The van der Waals surface area contributed by atoms with Gasteiger partial charge in [0.1, 0.15) is 5.69 Å². The second kappa shape index (κ2) is 6.33. The molecule has 0 unspecified atom stereocenters. The zero-order valence-electron chi connectivity index (χ0n) is 13.7. The summed E-state index contributed by atoms with van der Waals surface area (Å²) in [6, 6.07) is 6.97. The minimum absolute atomic E-state index is 0.0722. The number of benzene rings is 1. The van der Waals surface area contributed by atoms with E-state index in [1.165, 1.54) is 0 Å². The van der Waals surface area contributed by atoms with Gasteiger partial charge in [-0.05, 0) is 42.2 Å². The number of amides is 1. The minimum Gasteiger partial charge on any atom is -0.478 e. The van der Waals surface area contributed by atoms with Crippen molar-refractivity contribution in [1.29, 1.82) is 0 Å². The molecule has 7 nitrogen and oxygen atoms in total. The van der Waals surface area contributed by atoms with E-state index in [0.29, 0.717) is 32.0 Å². The number of aromatic carboxylic acids is 1. The van der Waals surface area contributed by atoms with Gasteiger partial charge in [-0.2, -0.15) is 5.10 Å². The Morgan fingerprint density at radius 1 is 1.12 bits per heavy atom. The van der Waals surface area contributed by atoms with E-state index >= 15 is 0 Å². The van der Waals surface area contributed by atoms with Crippen molar-refractivity contribution in [2.24, 2.45) is 0 Å².